The van der Waals surface area contributed by atoms with E-state index < -0.39 is 0 Å². The maximum Gasteiger partial charge on any atom is 0.233 e. The molecule has 0 saturated carbocycles. The van der Waals surface area contributed by atoms with E-state index in [2.05, 4.69) is 94.5 Å². The van der Waals surface area contributed by atoms with Crippen molar-refractivity contribution in [1.82, 2.24) is 0 Å². The molecule has 0 aliphatic carbocycles. The van der Waals surface area contributed by atoms with E-state index in [0.717, 1.165) is 19.6 Å². The summed E-state index contributed by atoms with van der Waals surface area (Å²) in [7, 11) is 2.04. The van der Waals surface area contributed by atoms with Crippen molar-refractivity contribution in [2.75, 3.05) is 0 Å². The first-order valence-electron chi connectivity index (χ1n) is 10.5. The Bertz CT molecular complexity index is 824. The maximum atomic E-state index is 2.29. The zero-order valence-electron chi connectivity index (χ0n) is 17.4. The molecule has 0 aliphatic rings. The fourth-order valence-corrected chi connectivity index (χ4v) is 3.35. The van der Waals surface area contributed by atoms with Crippen molar-refractivity contribution in [3.05, 3.63) is 85.0 Å². The van der Waals surface area contributed by atoms with Crippen molar-refractivity contribution < 1.29 is 18.3 Å². The largest absolute Gasteiger partial charge is 0.233 e. The van der Waals surface area contributed by atoms with Gasteiger partial charge >= 0.3 is 0 Å². The lowest BCUT2D eigenvalue weighted by Crippen LogP contribution is -2.41. The van der Waals surface area contributed by atoms with Gasteiger partial charge in [0.25, 0.3) is 0 Å². The molecular weight excluding hydrogens is 344 g/mol. The van der Waals surface area contributed by atoms with Gasteiger partial charge in [-0.3, -0.25) is 0 Å². The average Bonchev–Trinajstić information content (AvgIpc) is 2.72. The third-order valence-corrected chi connectivity index (χ3v) is 5.16. The summed E-state index contributed by atoms with van der Waals surface area (Å²) in [6, 6.07) is 8.94. The van der Waals surface area contributed by atoms with Crippen LogP contribution in [0.5, 0.6) is 0 Å². The van der Waals surface area contributed by atoms with Gasteiger partial charge in [0.1, 0.15) is 13.6 Å². The number of hydrogen-bond acceptors (Lipinski definition) is 0. The Morgan fingerprint density at radius 3 is 1.57 bits per heavy atom. The van der Waals surface area contributed by atoms with E-state index >= 15 is 0 Å². The van der Waals surface area contributed by atoms with Crippen LogP contribution in [0.3, 0.4) is 0 Å². The van der Waals surface area contributed by atoms with Crippen molar-refractivity contribution in [3.8, 4) is 0 Å². The highest BCUT2D eigenvalue weighted by Crippen LogP contribution is 2.04. The number of aryl methyl sites for hydroxylation is 2. The molecule has 2 heterocycles. The summed E-state index contributed by atoms with van der Waals surface area (Å²) in [5.74, 6) is 0. The third kappa shape index (κ3) is 6.52. The van der Waals surface area contributed by atoms with Crippen LogP contribution >= 0.6 is 0 Å². The third-order valence-electron chi connectivity index (χ3n) is 5.16. The lowest BCUT2D eigenvalue weighted by atomic mass is 10.1. The Morgan fingerprint density at radius 1 is 0.571 bits per heavy atom. The van der Waals surface area contributed by atoms with Crippen LogP contribution in [0.25, 0.3) is 0 Å². The molecule has 0 aliphatic heterocycles. The van der Waals surface area contributed by atoms with Crippen molar-refractivity contribution in [1.29, 1.82) is 0 Å². The van der Waals surface area contributed by atoms with E-state index in [1.807, 2.05) is 11.6 Å². The van der Waals surface area contributed by atoms with E-state index in [1.54, 1.807) is 0 Å². The van der Waals surface area contributed by atoms with Gasteiger partial charge < -0.3 is 0 Å². The van der Waals surface area contributed by atoms with Gasteiger partial charge in [-0.15, -0.1) is 0 Å². The smallest absolute Gasteiger partial charge is 0.197 e. The number of nitrogens with zero attached hydrogens (tertiary/aromatic N) is 4. The quantitative estimate of drug-likeness (QED) is 0.380. The SMILES string of the molecule is CCCCCCC[n+]1cc[n+](Cc2ccc(C[n+]3cc[n+](C)cc3)cc2)cc1. The summed E-state index contributed by atoms with van der Waals surface area (Å²) in [6.45, 7) is 5.19. The van der Waals surface area contributed by atoms with Gasteiger partial charge in [0.15, 0.2) is 13.1 Å². The molecule has 2 aromatic heterocycles. The maximum absolute atomic E-state index is 2.29. The summed E-state index contributed by atoms with van der Waals surface area (Å²) in [6.07, 6.45) is 23.7. The molecule has 0 amide bonds. The molecule has 0 atom stereocenters. The first-order chi connectivity index (χ1) is 13.7. The second-order valence-corrected chi connectivity index (χ2v) is 7.67. The Kier molecular flexibility index (Phi) is 7.65. The minimum atomic E-state index is 0.901. The van der Waals surface area contributed by atoms with Crippen molar-refractivity contribution in [2.45, 2.75) is 58.7 Å². The molecule has 28 heavy (non-hydrogen) atoms. The Labute approximate surface area is 169 Å². The summed E-state index contributed by atoms with van der Waals surface area (Å²) in [5.41, 5.74) is 2.65. The summed E-state index contributed by atoms with van der Waals surface area (Å²) in [5, 5.41) is 0. The van der Waals surface area contributed by atoms with Crippen LogP contribution in [0.15, 0.2) is 73.8 Å². The highest BCUT2D eigenvalue weighted by Gasteiger charge is 2.09. The zero-order valence-corrected chi connectivity index (χ0v) is 17.4. The normalized spacial score (nSPS) is 10.9. The predicted molar refractivity (Wildman–Crippen MR) is 108 cm³/mol. The monoisotopic (exact) mass is 378 g/mol. The van der Waals surface area contributed by atoms with E-state index in [9.17, 15) is 0 Å². The van der Waals surface area contributed by atoms with Gasteiger partial charge in [-0.25, -0.2) is 0 Å². The minimum absolute atomic E-state index is 0.901. The number of aromatic nitrogens is 4. The molecule has 0 spiro atoms. The van der Waals surface area contributed by atoms with Crippen LogP contribution in [-0.4, -0.2) is 0 Å². The topological polar surface area (TPSA) is 15.5 Å². The molecule has 0 N–H and O–H groups in total. The van der Waals surface area contributed by atoms with Gasteiger partial charge in [-0.1, -0.05) is 50.5 Å². The highest BCUT2D eigenvalue weighted by atomic mass is 15.0. The number of benzene rings is 1. The Morgan fingerprint density at radius 2 is 1.04 bits per heavy atom. The van der Waals surface area contributed by atoms with Gasteiger partial charge in [0.2, 0.25) is 49.6 Å². The average molecular weight is 379 g/mol. The van der Waals surface area contributed by atoms with Crippen LogP contribution < -0.4 is 18.3 Å². The molecule has 0 saturated heterocycles. The summed E-state index contributed by atoms with van der Waals surface area (Å²) < 4.78 is 8.78. The molecule has 0 bridgehead atoms. The number of unbranched alkanes of at least 4 members (excludes halogenated alkanes) is 4. The van der Waals surface area contributed by atoms with Crippen LogP contribution in [0.4, 0.5) is 0 Å². The van der Waals surface area contributed by atoms with E-state index in [0.29, 0.717) is 0 Å². The number of hydrogen-bond donors (Lipinski definition) is 0. The zero-order chi connectivity index (χ0) is 19.6. The van der Waals surface area contributed by atoms with E-state index in [4.69, 9.17) is 0 Å². The molecular formula is C24H34N4+4. The molecule has 1 aromatic carbocycles. The summed E-state index contributed by atoms with van der Waals surface area (Å²) >= 11 is 0. The fourth-order valence-electron chi connectivity index (χ4n) is 3.35. The molecule has 0 fully saturated rings. The number of rotatable bonds is 10. The van der Waals surface area contributed by atoms with Gasteiger partial charge in [0, 0.05) is 17.5 Å². The van der Waals surface area contributed by atoms with E-state index in [-0.39, 0.29) is 0 Å². The Hall–Kier alpha value is -2.62. The minimum Gasteiger partial charge on any atom is -0.197 e. The lowest BCUT2D eigenvalue weighted by molar-refractivity contribution is -0.747. The molecule has 0 unspecified atom stereocenters. The highest BCUT2D eigenvalue weighted by molar-refractivity contribution is 5.21. The Balaban J connectivity index is 1.49. The molecule has 146 valence electrons. The van der Waals surface area contributed by atoms with Crippen molar-refractivity contribution in [2.24, 2.45) is 7.05 Å². The van der Waals surface area contributed by atoms with Crippen LogP contribution in [0, 0.1) is 0 Å². The molecule has 0 radical (unpaired) electrons. The van der Waals surface area contributed by atoms with Crippen LogP contribution in [0.2, 0.25) is 0 Å². The first-order valence-corrected chi connectivity index (χ1v) is 10.5. The molecule has 3 rings (SSSR count). The fraction of sp³-hybridized carbons (Fsp3) is 0.417. The van der Waals surface area contributed by atoms with Crippen LogP contribution in [-0.2, 0) is 26.7 Å². The molecule has 4 heteroatoms. The molecule has 3 aromatic rings. The van der Waals surface area contributed by atoms with Crippen molar-refractivity contribution >= 4 is 0 Å². The van der Waals surface area contributed by atoms with E-state index in [1.165, 1.54) is 43.2 Å². The van der Waals surface area contributed by atoms with Gasteiger partial charge in [-0.2, -0.15) is 18.3 Å². The lowest BCUT2D eigenvalue weighted by Gasteiger charge is -2.01. The second-order valence-electron chi connectivity index (χ2n) is 7.67. The summed E-state index contributed by atoms with van der Waals surface area (Å²) in [4.78, 5) is 0. The van der Waals surface area contributed by atoms with Crippen molar-refractivity contribution in [3.63, 3.8) is 0 Å². The standard InChI is InChI=1S/C24H34N4/c1-3-4-5-6-7-12-26-17-19-28(20-18-26)22-24-10-8-23(9-11-24)21-27-15-13-25(2)14-16-27/h8-11,13-20H,3-7,12,21-22H2,1-2H3/q+4. The first kappa shape index (κ1) is 20.1. The van der Waals surface area contributed by atoms with Gasteiger partial charge in [0.05, 0.1) is 0 Å². The van der Waals surface area contributed by atoms with Gasteiger partial charge in [-0.05, 0) is 6.42 Å². The second kappa shape index (κ2) is 10.6. The molecule has 4 nitrogen and oxygen atoms in total. The predicted octanol–water partition coefficient (Wildman–Crippen LogP) is 2.44. The van der Waals surface area contributed by atoms with Crippen LogP contribution in [0.1, 0.15) is 50.2 Å².